The summed E-state index contributed by atoms with van der Waals surface area (Å²) in [7, 11) is 0. The lowest BCUT2D eigenvalue weighted by atomic mass is 10.1. The molecule has 2 aromatic carbocycles. The molecule has 1 aromatic heterocycles. The number of benzene rings is 2. The highest BCUT2D eigenvalue weighted by Crippen LogP contribution is 2.27. The largest absolute Gasteiger partial charge is 0.484 e. The number of thiocarbonyl (C=S) groups is 1. The van der Waals surface area contributed by atoms with E-state index in [4.69, 9.17) is 17.0 Å². The van der Waals surface area contributed by atoms with Crippen molar-refractivity contribution >= 4 is 55.6 Å². The maximum atomic E-state index is 12.0. The highest BCUT2D eigenvalue weighted by molar-refractivity contribution is 7.80. The van der Waals surface area contributed by atoms with Crippen LogP contribution in [0.5, 0.6) is 5.75 Å². The molecule has 0 aliphatic heterocycles. The smallest absolute Gasteiger partial charge is 0.269 e. The predicted octanol–water partition coefficient (Wildman–Crippen LogP) is 4.44. The Morgan fingerprint density at radius 2 is 2.03 bits per heavy atom. The molecule has 0 saturated heterocycles. The minimum atomic E-state index is -0.505. The van der Waals surface area contributed by atoms with Crippen LogP contribution in [0.1, 0.15) is 25.3 Å². The number of hydrogen-bond acceptors (Lipinski definition) is 7. The lowest BCUT2D eigenvalue weighted by molar-refractivity contribution is -0.384. The van der Waals surface area contributed by atoms with Gasteiger partial charge in [0.2, 0.25) is 0 Å². The molecular formula is C20H20N4O4S2. The van der Waals surface area contributed by atoms with Gasteiger partial charge in [0.15, 0.2) is 16.9 Å². The van der Waals surface area contributed by atoms with Crippen LogP contribution >= 0.6 is 23.6 Å². The number of rotatable bonds is 8. The monoisotopic (exact) mass is 444 g/mol. The molecule has 10 heteroatoms. The molecule has 0 unspecified atom stereocenters. The summed E-state index contributed by atoms with van der Waals surface area (Å²) in [6.45, 7) is 1.89. The molecule has 0 radical (unpaired) electrons. The number of hydrogen-bond donors (Lipinski definition) is 2. The zero-order chi connectivity index (χ0) is 21.5. The molecule has 0 aliphatic rings. The number of carbonyl (C=O) groups excluding carboxylic acids is 1. The normalized spacial score (nSPS) is 10.6. The Morgan fingerprint density at radius 1 is 1.27 bits per heavy atom. The summed E-state index contributed by atoms with van der Waals surface area (Å²) in [6, 6.07) is 11.7. The minimum Gasteiger partial charge on any atom is -0.484 e. The molecule has 30 heavy (non-hydrogen) atoms. The number of aryl methyl sites for hydroxylation is 1. The lowest BCUT2D eigenvalue weighted by Crippen LogP contribution is -2.37. The number of ether oxygens (including phenoxy) is 1. The second kappa shape index (κ2) is 10.1. The summed E-state index contributed by atoms with van der Waals surface area (Å²) in [5.74, 6) is -0.103. The van der Waals surface area contributed by atoms with Gasteiger partial charge in [0.25, 0.3) is 11.6 Å². The van der Waals surface area contributed by atoms with Crippen LogP contribution in [0.2, 0.25) is 0 Å². The number of fused-ring (bicyclic) bond motifs is 1. The van der Waals surface area contributed by atoms with Crippen molar-refractivity contribution in [2.24, 2.45) is 0 Å². The number of nitro benzene ring substituents is 1. The van der Waals surface area contributed by atoms with E-state index in [9.17, 15) is 14.9 Å². The summed E-state index contributed by atoms with van der Waals surface area (Å²) >= 11 is 6.64. The number of nitrogens with zero attached hydrogens (tertiary/aromatic N) is 2. The van der Waals surface area contributed by atoms with E-state index in [0.29, 0.717) is 10.9 Å². The number of thiazole rings is 1. The quantitative estimate of drug-likeness (QED) is 0.300. The highest BCUT2D eigenvalue weighted by atomic mass is 32.1. The summed E-state index contributed by atoms with van der Waals surface area (Å²) in [5, 5.41) is 16.8. The van der Waals surface area contributed by atoms with Gasteiger partial charge in [0.05, 0.1) is 15.1 Å². The Kier molecular flexibility index (Phi) is 7.26. The fourth-order valence-corrected chi connectivity index (χ4v) is 3.87. The van der Waals surface area contributed by atoms with Gasteiger partial charge in [-0.2, -0.15) is 0 Å². The van der Waals surface area contributed by atoms with Gasteiger partial charge in [-0.05, 0) is 54.9 Å². The van der Waals surface area contributed by atoms with Crippen LogP contribution in [0.15, 0.2) is 42.5 Å². The van der Waals surface area contributed by atoms with Crippen molar-refractivity contribution in [1.29, 1.82) is 0 Å². The second-order valence-corrected chi connectivity index (χ2v) is 7.91. The summed E-state index contributed by atoms with van der Waals surface area (Å²) in [6.07, 6.45) is 3.33. The summed E-state index contributed by atoms with van der Waals surface area (Å²) in [5.41, 5.74) is 2.10. The van der Waals surface area contributed by atoms with Crippen LogP contribution in [-0.2, 0) is 11.2 Å². The van der Waals surface area contributed by atoms with Crippen LogP contribution in [0, 0.1) is 10.1 Å². The molecule has 0 bridgehead atoms. The fourth-order valence-electron chi connectivity index (χ4n) is 2.66. The molecule has 1 amide bonds. The van der Waals surface area contributed by atoms with Gasteiger partial charge >= 0.3 is 0 Å². The van der Waals surface area contributed by atoms with Gasteiger partial charge in [0.1, 0.15) is 5.75 Å². The molecule has 1 heterocycles. The molecule has 156 valence electrons. The van der Waals surface area contributed by atoms with E-state index >= 15 is 0 Å². The maximum Gasteiger partial charge on any atom is 0.269 e. The molecule has 8 nitrogen and oxygen atoms in total. The van der Waals surface area contributed by atoms with Crippen LogP contribution < -0.4 is 15.4 Å². The van der Waals surface area contributed by atoms with E-state index in [1.54, 1.807) is 0 Å². The number of nitro groups is 1. The van der Waals surface area contributed by atoms with Crippen LogP contribution in [-0.4, -0.2) is 27.5 Å². The number of carbonyl (C=O) groups is 1. The van der Waals surface area contributed by atoms with Crippen LogP contribution in [0.3, 0.4) is 0 Å². The first-order valence-electron chi connectivity index (χ1n) is 9.32. The first-order chi connectivity index (χ1) is 14.4. The van der Waals surface area contributed by atoms with Crippen molar-refractivity contribution in [1.82, 2.24) is 10.3 Å². The summed E-state index contributed by atoms with van der Waals surface area (Å²) in [4.78, 5) is 26.6. The van der Waals surface area contributed by atoms with E-state index in [-0.39, 0.29) is 17.4 Å². The third-order valence-corrected chi connectivity index (χ3v) is 5.30. The number of anilines is 1. The number of nitrogens with one attached hydrogen (secondary N) is 2. The molecule has 0 atom stereocenters. The average Bonchev–Trinajstić information content (AvgIpc) is 3.12. The second-order valence-electron chi connectivity index (χ2n) is 6.47. The Labute approximate surface area is 182 Å². The molecule has 0 fully saturated rings. The van der Waals surface area contributed by atoms with Gasteiger partial charge in [0, 0.05) is 12.1 Å². The van der Waals surface area contributed by atoms with E-state index in [2.05, 4.69) is 34.7 Å². The summed E-state index contributed by atoms with van der Waals surface area (Å²) < 4.78 is 6.37. The number of unbranched alkanes of at least 4 members (excludes halogenated alkanes) is 1. The van der Waals surface area contributed by atoms with Crippen molar-refractivity contribution in [3.8, 4) is 5.75 Å². The molecule has 0 spiro atoms. The molecular weight excluding hydrogens is 424 g/mol. The Balaban J connectivity index is 1.50. The topological polar surface area (TPSA) is 106 Å². The van der Waals surface area contributed by atoms with Crippen molar-refractivity contribution < 1.29 is 14.5 Å². The van der Waals surface area contributed by atoms with Gasteiger partial charge in [-0.3, -0.25) is 20.2 Å². The molecule has 0 aliphatic carbocycles. The lowest BCUT2D eigenvalue weighted by Gasteiger charge is -2.08. The van der Waals surface area contributed by atoms with Gasteiger partial charge in [-0.25, -0.2) is 4.98 Å². The number of aromatic nitrogens is 1. The standard InChI is InChI=1S/C20H20N4O4S2/c1-2-3-4-13-5-10-16-17(11-13)30-20(21-16)23-19(29)22-18(25)12-28-15-8-6-14(7-9-15)24(26)27/h5-11H,2-4,12H2,1H3,(H2,21,22,23,25,29). The van der Waals surface area contributed by atoms with Gasteiger partial charge in [-0.1, -0.05) is 30.7 Å². The first-order valence-corrected chi connectivity index (χ1v) is 10.5. The Bertz CT molecular complexity index is 1070. The third kappa shape index (κ3) is 5.94. The van der Waals surface area contributed by atoms with E-state index in [0.717, 1.165) is 29.5 Å². The van der Waals surface area contributed by atoms with Crippen LogP contribution in [0.4, 0.5) is 10.8 Å². The van der Waals surface area contributed by atoms with Crippen LogP contribution in [0.25, 0.3) is 10.2 Å². The Hall–Kier alpha value is -3.11. The molecule has 2 N–H and O–H groups in total. The zero-order valence-electron chi connectivity index (χ0n) is 16.2. The van der Waals surface area contributed by atoms with E-state index < -0.39 is 10.8 Å². The highest BCUT2D eigenvalue weighted by Gasteiger charge is 2.10. The third-order valence-electron chi connectivity index (χ3n) is 4.16. The zero-order valence-corrected chi connectivity index (χ0v) is 17.8. The average molecular weight is 445 g/mol. The minimum absolute atomic E-state index is 0.0505. The maximum absolute atomic E-state index is 12.0. The molecule has 0 saturated carbocycles. The first kappa shape index (κ1) is 21.6. The predicted molar refractivity (Wildman–Crippen MR) is 121 cm³/mol. The van der Waals surface area contributed by atoms with Crippen molar-refractivity contribution in [2.45, 2.75) is 26.2 Å². The van der Waals surface area contributed by atoms with Crippen molar-refractivity contribution in [3.63, 3.8) is 0 Å². The molecule has 3 aromatic rings. The van der Waals surface area contributed by atoms with Gasteiger partial charge < -0.3 is 10.1 Å². The fraction of sp³-hybridized carbons (Fsp3) is 0.250. The van der Waals surface area contributed by atoms with Crippen molar-refractivity contribution in [2.75, 3.05) is 11.9 Å². The number of amides is 1. The number of non-ortho nitro benzene ring substituents is 1. The van der Waals surface area contributed by atoms with Crippen molar-refractivity contribution in [3.05, 3.63) is 58.1 Å². The van der Waals surface area contributed by atoms with Gasteiger partial charge in [-0.15, -0.1) is 0 Å². The Morgan fingerprint density at radius 3 is 2.73 bits per heavy atom. The van der Waals surface area contributed by atoms with E-state index in [1.807, 2.05) is 6.07 Å². The van der Waals surface area contributed by atoms with E-state index in [1.165, 1.54) is 41.2 Å². The molecule has 3 rings (SSSR count). The SMILES string of the molecule is CCCCc1ccc2nc(NC(=S)NC(=O)COc3ccc([N+](=O)[O-])cc3)sc2c1.